The van der Waals surface area contributed by atoms with Crippen molar-refractivity contribution in [1.29, 1.82) is 0 Å². The molecule has 0 bridgehead atoms. The Labute approximate surface area is 218 Å². The van der Waals surface area contributed by atoms with E-state index in [0.29, 0.717) is 28.3 Å². The van der Waals surface area contributed by atoms with Crippen LogP contribution in [0.15, 0.2) is 95.0 Å². The quantitative estimate of drug-likeness (QED) is 0.140. The molecule has 0 saturated carbocycles. The Hall–Kier alpha value is -4.23. The number of methoxy groups -OCH3 is 1. The molecule has 3 aromatic carbocycles. The molecular formula is C29H24ClFN2O4. The second-order valence-electron chi connectivity index (χ2n) is 8.50. The van der Waals surface area contributed by atoms with Gasteiger partial charge in [-0.3, -0.25) is 4.79 Å². The fourth-order valence-corrected chi connectivity index (χ4v) is 4.48. The third-order valence-electron chi connectivity index (χ3n) is 6.24. The maximum Gasteiger partial charge on any atom is 0.340 e. The normalized spacial score (nSPS) is 12.3. The van der Waals surface area contributed by atoms with E-state index in [1.165, 1.54) is 29.9 Å². The van der Waals surface area contributed by atoms with E-state index in [4.69, 9.17) is 11.6 Å². The molecule has 1 unspecified atom stereocenters. The van der Waals surface area contributed by atoms with Gasteiger partial charge in [-0.05, 0) is 46.5 Å². The van der Waals surface area contributed by atoms with Crippen molar-refractivity contribution in [2.45, 2.75) is 12.3 Å². The summed E-state index contributed by atoms with van der Waals surface area (Å²) in [6.45, 7) is 0. The Bertz CT molecular complexity index is 1530. The molecule has 0 aliphatic heterocycles. The van der Waals surface area contributed by atoms with Crippen molar-refractivity contribution >= 4 is 23.3 Å². The van der Waals surface area contributed by atoms with Crippen molar-refractivity contribution < 1.29 is 19.1 Å². The molecule has 4 aromatic rings. The number of aromatic nitrogens is 1. The molecule has 0 spiro atoms. The number of esters is 1. The smallest absolute Gasteiger partial charge is 0.340 e. The highest BCUT2D eigenvalue weighted by Gasteiger charge is 2.21. The van der Waals surface area contributed by atoms with Crippen molar-refractivity contribution in [3.63, 3.8) is 0 Å². The van der Waals surface area contributed by atoms with E-state index in [1.54, 1.807) is 31.4 Å². The Morgan fingerprint density at radius 1 is 1.05 bits per heavy atom. The zero-order valence-corrected chi connectivity index (χ0v) is 20.9. The zero-order chi connectivity index (χ0) is 26.5. The summed E-state index contributed by atoms with van der Waals surface area (Å²) < 4.78 is 20.5. The second-order valence-corrected chi connectivity index (χ2v) is 8.91. The SMILES string of the molecule is COC(=O)c1ccc(-c2ccc(C(C/C(=N/O)c3ccc(=O)n(C)c3)c3ccccc3Cl)cc2)cc1F. The minimum atomic E-state index is -0.734. The van der Waals surface area contributed by atoms with Gasteiger partial charge >= 0.3 is 5.97 Å². The number of carbonyl (C=O) groups excluding carboxylic acids is 1. The first-order valence-electron chi connectivity index (χ1n) is 11.4. The summed E-state index contributed by atoms with van der Waals surface area (Å²) in [6.07, 6.45) is 1.93. The highest BCUT2D eigenvalue weighted by molar-refractivity contribution is 6.31. The van der Waals surface area contributed by atoms with Gasteiger partial charge in [0.05, 0.1) is 18.4 Å². The van der Waals surface area contributed by atoms with E-state index < -0.39 is 11.8 Å². The van der Waals surface area contributed by atoms with E-state index >= 15 is 0 Å². The van der Waals surface area contributed by atoms with E-state index in [2.05, 4.69) is 9.89 Å². The number of carbonyl (C=O) groups is 1. The molecule has 0 saturated heterocycles. The van der Waals surface area contributed by atoms with Crippen LogP contribution in [-0.2, 0) is 11.8 Å². The molecule has 8 heteroatoms. The molecule has 6 nitrogen and oxygen atoms in total. The van der Waals surface area contributed by atoms with Gasteiger partial charge in [-0.15, -0.1) is 0 Å². The molecule has 37 heavy (non-hydrogen) atoms. The summed E-state index contributed by atoms with van der Waals surface area (Å²) in [7, 11) is 2.83. The fourth-order valence-electron chi connectivity index (χ4n) is 4.22. The number of aryl methyl sites for hydroxylation is 1. The molecule has 0 amide bonds. The second kappa shape index (κ2) is 11.2. The number of benzene rings is 3. The molecule has 1 heterocycles. The first kappa shape index (κ1) is 25.9. The van der Waals surface area contributed by atoms with E-state index in [-0.39, 0.29) is 17.0 Å². The van der Waals surface area contributed by atoms with Crippen molar-refractivity contribution in [3.8, 4) is 11.1 Å². The summed E-state index contributed by atoms with van der Waals surface area (Å²) in [5.41, 5.74) is 3.81. The van der Waals surface area contributed by atoms with Crippen LogP contribution in [0, 0.1) is 5.82 Å². The maximum absolute atomic E-state index is 14.5. The van der Waals surface area contributed by atoms with Gasteiger partial charge < -0.3 is 14.5 Å². The molecule has 1 aromatic heterocycles. The number of nitrogens with zero attached hydrogens (tertiary/aromatic N) is 2. The number of halogens is 2. The summed E-state index contributed by atoms with van der Waals surface area (Å²) in [5.74, 6) is -1.67. The lowest BCUT2D eigenvalue weighted by molar-refractivity contribution is 0.0595. The van der Waals surface area contributed by atoms with Crippen molar-refractivity contribution in [2.24, 2.45) is 12.2 Å². The first-order chi connectivity index (χ1) is 17.8. The Morgan fingerprint density at radius 3 is 2.38 bits per heavy atom. The van der Waals surface area contributed by atoms with Gasteiger partial charge in [0.2, 0.25) is 5.56 Å². The van der Waals surface area contributed by atoms with Gasteiger partial charge in [0.15, 0.2) is 0 Å². The molecular weight excluding hydrogens is 495 g/mol. The van der Waals surface area contributed by atoms with Crippen LogP contribution >= 0.6 is 11.6 Å². The Morgan fingerprint density at radius 2 is 1.76 bits per heavy atom. The Kier molecular flexibility index (Phi) is 7.84. The van der Waals surface area contributed by atoms with E-state index in [1.807, 2.05) is 42.5 Å². The van der Waals surface area contributed by atoms with E-state index in [9.17, 15) is 19.2 Å². The van der Waals surface area contributed by atoms with Crippen LogP contribution in [0.2, 0.25) is 5.02 Å². The average molecular weight is 519 g/mol. The predicted octanol–water partition coefficient (Wildman–Crippen LogP) is 6.03. The lowest BCUT2D eigenvalue weighted by Gasteiger charge is -2.21. The lowest BCUT2D eigenvalue weighted by atomic mass is 9.85. The van der Waals surface area contributed by atoms with Crippen LogP contribution in [0.4, 0.5) is 4.39 Å². The third-order valence-corrected chi connectivity index (χ3v) is 6.58. The van der Waals surface area contributed by atoms with Crippen LogP contribution in [0.3, 0.4) is 0 Å². The molecule has 188 valence electrons. The molecule has 4 rings (SSSR count). The maximum atomic E-state index is 14.5. The molecule has 0 aliphatic carbocycles. The number of oxime groups is 1. The fraction of sp³-hybridized carbons (Fsp3) is 0.138. The van der Waals surface area contributed by atoms with Crippen LogP contribution < -0.4 is 5.56 Å². The molecule has 1 atom stereocenters. The lowest BCUT2D eigenvalue weighted by Crippen LogP contribution is -2.18. The molecule has 0 fully saturated rings. The van der Waals surface area contributed by atoms with Crippen LogP contribution in [0.25, 0.3) is 11.1 Å². The molecule has 0 aliphatic rings. The molecule has 0 radical (unpaired) electrons. The first-order valence-corrected chi connectivity index (χ1v) is 11.8. The number of rotatable bonds is 7. The molecule has 1 N–H and O–H groups in total. The van der Waals surface area contributed by atoms with Crippen molar-refractivity contribution in [2.75, 3.05) is 7.11 Å². The van der Waals surface area contributed by atoms with Gasteiger partial charge in [0, 0.05) is 42.2 Å². The topological polar surface area (TPSA) is 80.9 Å². The number of hydrogen-bond donors (Lipinski definition) is 1. The summed E-state index contributed by atoms with van der Waals surface area (Å²) >= 11 is 6.56. The monoisotopic (exact) mass is 518 g/mol. The van der Waals surface area contributed by atoms with Gasteiger partial charge in [-0.1, -0.05) is 65.3 Å². The van der Waals surface area contributed by atoms with Crippen LogP contribution in [0.1, 0.15) is 39.4 Å². The third kappa shape index (κ3) is 5.62. The highest BCUT2D eigenvalue weighted by Crippen LogP contribution is 2.35. The standard InChI is InChI=1S/C29H24ClFN2O4/c1-33-17-21(12-14-28(33)34)27(32-36)16-24(22-5-3-4-6-25(22)30)19-9-7-18(8-10-19)20-11-13-23(26(31)15-20)29(35)37-2/h3-15,17,24,36H,16H2,1-2H3/b32-27-. The van der Waals surface area contributed by atoms with Crippen molar-refractivity contribution in [3.05, 3.63) is 129 Å². The summed E-state index contributed by atoms with van der Waals surface area (Å²) in [5, 5.41) is 13.9. The van der Waals surface area contributed by atoms with Crippen LogP contribution in [0.5, 0.6) is 0 Å². The zero-order valence-electron chi connectivity index (χ0n) is 20.2. The Balaban J connectivity index is 1.70. The summed E-state index contributed by atoms with van der Waals surface area (Å²) in [4.78, 5) is 23.5. The minimum Gasteiger partial charge on any atom is -0.465 e. The van der Waals surface area contributed by atoms with Crippen molar-refractivity contribution in [1.82, 2.24) is 4.57 Å². The van der Waals surface area contributed by atoms with Gasteiger partial charge in [-0.2, -0.15) is 0 Å². The number of pyridine rings is 1. The van der Waals surface area contributed by atoms with Gasteiger partial charge in [0.25, 0.3) is 0 Å². The summed E-state index contributed by atoms with van der Waals surface area (Å²) in [6, 6.07) is 22.4. The number of ether oxygens (including phenoxy) is 1. The predicted molar refractivity (Wildman–Crippen MR) is 141 cm³/mol. The van der Waals surface area contributed by atoms with Gasteiger partial charge in [-0.25, -0.2) is 9.18 Å². The average Bonchev–Trinajstić information content (AvgIpc) is 2.91. The highest BCUT2D eigenvalue weighted by atomic mass is 35.5. The van der Waals surface area contributed by atoms with Crippen LogP contribution in [-0.4, -0.2) is 28.6 Å². The van der Waals surface area contributed by atoms with Gasteiger partial charge in [0.1, 0.15) is 5.82 Å². The van der Waals surface area contributed by atoms with E-state index in [0.717, 1.165) is 16.7 Å². The largest absolute Gasteiger partial charge is 0.465 e. The minimum absolute atomic E-state index is 0.129. The number of hydrogen-bond acceptors (Lipinski definition) is 5.